The van der Waals surface area contributed by atoms with E-state index in [1.165, 1.54) is 12.2 Å². The Bertz CT molecular complexity index is 997. The van der Waals surface area contributed by atoms with Crippen LogP contribution in [-0.4, -0.2) is 47.6 Å². The number of aromatic nitrogens is 1. The second-order valence-corrected chi connectivity index (χ2v) is 9.35. The van der Waals surface area contributed by atoms with Gasteiger partial charge >= 0.3 is 11.9 Å². The number of ether oxygens (including phenoxy) is 2. The zero-order chi connectivity index (χ0) is 24.9. The lowest BCUT2D eigenvalue weighted by Crippen LogP contribution is -2.34. The van der Waals surface area contributed by atoms with Crippen LogP contribution in [0, 0.1) is 0 Å². The highest BCUT2D eigenvalue weighted by Gasteiger charge is 2.42. The molecule has 2 saturated carbocycles. The van der Waals surface area contributed by atoms with Gasteiger partial charge < -0.3 is 19.4 Å². The predicted octanol–water partition coefficient (Wildman–Crippen LogP) is 4.52. The van der Waals surface area contributed by atoms with Gasteiger partial charge in [-0.3, -0.25) is 9.59 Å². The number of nitrogens with zero attached hydrogens (tertiary/aromatic N) is 2. The van der Waals surface area contributed by atoms with Crippen molar-refractivity contribution >= 4 is 35.4 Å². The second kappa shape index (κ2) is 11.1. The standard InChI is InChI=1S/C26H35N3O6/c1-3-34-25(32)21-22(26(33)35-4-2)24(29-19(30)15-16-20(29)31)28(18-13-9-6-10-14-18)23(21)27-17-11-7-5-8-12-17/h15-18,27H,3-14H2,1-2H3. The number of anilines is 2. The maximum Gasteiger partial charge on any atom is 0.342 e. The molecule has 0 saturated heterocycles. The minimum absolute atomic E-state index is 0.0453. The first-order valence-corrected chi connectivity index (χ1v) is 12.9. The van der Waals surface area contributed by atoms with E-state index in [1.54, 1.807) is 13.8 Å². The van der Waals surface area contributed by atoms with Gasteiger partial charge in [0.25, 0.3) is 11.8 Å². The van der Waals surface area contributed by atoms with Crippen molar-refractivity contribution in [2.75, 3.05) is 23.4 Å². The Kier molecular flexibility index (Phi) is 7.93. The fourth-order valence-electron chi connectivity index (χ4n) is 5.48. The average molecular weight is 486 g/mol. The highest BCUT2D eigenvalue weighted by molar-refractivity contribution is 6.30. The van der Waals surface area contributed by atoms with Crippen molar-refractivity contribution in [2.45, 2.75) is 90.1 Å². The Labute approximate surface area is 205 Å². The van der Waals surface area contributed by atoms with Gasteiger partial charge in [-0.15, -0.1) is 0 Å². The van der Waals surface area contributed by atoms with Crippen molar-refractivity contribution in [1.82, 2.24) is 4.57 Å². The third-order valence-electron chi connectivity index (χ3n) is 7.05. The van der Waals surface area contributed by atoms with Crippen LogP contribution in [0.2, 0.25) is 0 Å². The Balaban J connectivity index is 1.99. The molecule has 2 amide bonds. The minimum atomic E-state index is -0.751. The van der Waals surface area contributed by atoms with Crippen LogP contribution in [0.1, 0.15) is 105 Å². The number of hydrogen-bond acceptors (Lipinski definition) is 7. The van der Waals surface area contributed by atoms with E-state index >= 15 is 0 Å². The molecular formula is C26H35N3O6. The van der Waals surface area contributed by atoms with E-state index in [0.29, 0.717) is 5.82 Å². The van der Waals surface area contributed by atoms with Gasteiger partial charge in [0, 0.05) is 24.2 Å². The van der Waals surface area contributed by atoms with E-state index in [2.05, 4.69) is 5.32 Å². The Morgan fingerprint density at radius 1 is 0.829 bits per heavy atom. The molecule has 3 aliphatic rings. The number of carbonyl (C=O) groups is 4. The van der Waals surface area contributed by atoms with Crippen LogP contribution in [0.4, 0.5) is 11.6 Å². The molecule has 0 unspecified atom stereocenters. The fourth-order valence-corrected chi connectivity index (χ4v) is 5.48. The van der Waals surface area contributed by atoms with Crippen LogP contribution in [0.3, 0.4) is 0 Å². The van der Waals surface area contributed by atoms with Crippen LogP contribution in [0.5, 0.6) is 0 Å². The van der Waals surface area contributed by atoms with E-state index in [9.17, 15) is 19.2 Å². The third-order valence-corrected chi connectivity index (χ3v) is 7.05. The van der Waals surface area contributed by atoms with E-state index in [-0.39, 0.29) is 42.2 Å². The van der Waals surface area contributed by atoms with Crippen LogP contribution in [-0.2, 0) is 19.1 Å². The normalized spacial score (nSPS) is 19.3. The number of carbonyl (C=O) groups excluding carboxylic acids is 4. The molecule has 1 aromatic heterocycles. The van der Waals surface area contributed by atoms with Crippen molar-refractivity contribution in [2.24, 2.45) is 0 Å². The van der Waals surface area contributed by atoms with Crippen LogP contribution in [0.25, 0.3) is 0 Å². The molecule has 0 bridgehead atoms. The van der Waals surface area contributed by atoms with Crippen molar-refractivity contribution in [1.29, 1.82) is 0 Å². The van der Waals surface area contributed by atoms with E-state index in [0.717, 1.165) is 69.1 Å². The molecule has 9 nitrogen and oxygen atoms in total. The lowest BCUT2D eigenvalue weighted by atomic mass is 9.94. The molecule has 9 heteroatoms. The highest BCUT2D eigenvalue weighted by Crippen LogP contribution is 2.44. The molecule has 190 valence electrons. The fraction of sp³-hybridized carbons (Fsp3) is 0.615. The number of nitrogens with one attached hydrogen (secondary N) is 1. The number of hydrogen-bond donors (Lipinski definition) is 1. The summed E-state index contributed by atoms with van der Waals surface area (Å²) in [5, 5.41) is 3.55. The van der Waals surface area contributed by atoms with E-state index in [4.69, 9.17) is 9.47 Å². The summed E-state index contributed by atoms with van der Waals surface area (Å²) in [5.74, 6) is -1.95. The highest BCUT2D eigenvalue weighted by atomic mass is 16.5. The van der Waals surface area contributed by atoms with Crippen molar-refractivity contribution in [3.63, 3.8) is 0 Å². The van der Waals surface area contributed by atoms with Gasteiger partial charge in [0.1, 0.15) is 22.8 Å². The van der Waals surface area contributed by atoms with Crippen LogP contribution < -0.4 is 10.2 Å². The van der Waals surface area contributed by atoms with Gasteiger partial charge in [-0.25, -0.2) is 14.5 Å². The molecule has 35 heavy (non-hydrogen) atoms. The molecule has 2 fully saturated rings. The molecule has 2 heterocycles. The number of amides is 2. The van der Waals surface area contributed by atoms with Gasteiger partial charge in [0.15, 0.2) is 0 Å². The van der Waals surface area contributed by atoms with Gasteiger partial charge in [-0.2, -0.15) is 0 Å². The number of esters is 2. The van der Waals surface area contributed by atoms with Crippen LogP contribution in [0.15, 0.2) is 12.2 Å². The zero-order valence-electron chi connectivity index (χ0n) is 20.6. The summed E-state index contributed by atoms with van der Waals surface area (Å²) in [7, 11) is 0. The molecule has 2 aliphatic carbocycles. The van der Waals surface area contributed by atoms with Gasteiger partial charge in [0.2, 0.25) is 0 Å². The van der Waals surface area contributed by atoms with E-state index < -0.39 is 23.8 Å². The summed E-state index contributed by atoms with van der Waals surface area (Å²) in [6.45, 7) is 3.58. The van der Waals surface area contributed by atoms with Crippen LogP contribution >= 0.6 is 0 Å². The van der Waals surface area contributed by atoms with Gasteiger partial charge in [-0.05, 0) is 39.5 Å². The number of imide groups is 1. The molecule has 1 aromatic rings. The lowest BCUT2D eigenvalue weighted by Gasteiger charge is -2.32. The lowest BCUT2D eigenvalue weighted by molar-refractivity contribution is -0.120. The molecule has 0 radical (unpaired) electrons. The summed E-state index contributed by atoms with van der Waals surface area (Å²) in [5.41, 5.74) is -0.0384. The Morgan fingerprint density at radius 3 is 1.89 bits per heavy atom. The summed E-state index contributed by atoms with van der Waals surface area (Å²) >= 11 is 0. The summed E-state index contributed by atoms with van der Waals surface area (Å²) in [4.78, 5) is 53.5. The average Bonchev–Trinajstić information content (AvgIpc) is 3.36. The Morgan fingerprint density at radius 2 is 1.34 bits per heavy atom. The van der Waals surface area contributed by atoms with Crippen molar-refractivity contribution in [3.05, 3.63) is 23.3 Å². The first-order chi connectivity index (χ1) is 17.0. The SMILES string of the molecule is CCOC(=O)c1c(C(=O)OCC)c(N2C(=O)C=CC2=O)n(C2CCCCC2)c1NC1CCCCC1. The zero-order valence-corrected chi connectivity index (χ0v) is 20.6. The first-order valence-electron chi connectivity index (χ1n) is 12.9. The smallest absolute Gasteiger partial charge is 0.342 e. The molecule has 0 spiro atoms. The third kappa shape index (κ3) is 4.99. The quantitative estimate of drug-likeness (QED) is 0.426. The van der Waals surface area contributed by atoms with Crippen molar-refractivity contribution in [3.8, 4) is 0 Å². The maximum atomic E-state index is 13.4. The molecule has 4 rings (SSSR count). The van der Waals surface area contributed by atoms with Gasteiger partial charge in [-0.1, -0.05) is 38.5 Å². The molecule has 0 aromatic carbocycles. The largest absolute Gasteiger partial charge is 0.462 e. The topological polar surface area (TPSA) is 107 Å². The summed E-state index contributed by atoms with van der Waals surface area (Å²) < 4.78 is 12.6. The number of rotatable bonds is 8. The summed E-state index contributed by atoms with van der Waals surface area (Å²) in [6.07, 6.45) is 12.2. The van der Waals surface area contributed by atoms with Crippen molar-refractivity contribution < 1.29 is 28.7 Å². The summed E-state index contributed by atoms with van der Waals surface area (Å²) in [6, 6.07) is 0.0302. The first kappa shape index (κ1) is 25.0. The minimum Gasteiger partial charge on any atom is -0.462 e. The maximum absolute atomic E-state index is 13.4. The van der Waals surface area contributed by atoms with E-state index in [1.807, 2.05) is 4.57 Å². The monoisotopic (exact) mass is 485 g/mol. The molecular weight excluding hydrogens is 450 g/mol. The predicted molar refractivity (Wildman–Crippen MR) is 131 cm³/mol. The molecule has 1 aliphatic heterocycles. The second-order valence-electron chi connectivity index (χ2n) is 9.35. The molecule has 0 atom stereocenters. The van der Waals surface area contributed by atoms with Gasteiger partial charge in [0.05, 0.1) is 13.2 Å². The molecule has 1 N–H and O–H groups in total. The Hall–Kier alpha value is -3.10.